The molecule has 1 aliphatic heterocycles. The van der Waals surface area contributed by atoms with Crippen molar-refractivity contribution in [1.29, 1.82) is 0 Å². The fraction of sp³-hybridized carbons (Fsp3) is 0.625. The quantitative estimate of drug-likeness (QED) is 0.727. The molecule has 1 aliphatic rings. The molecule has 20 heavy (non-hydrogen) atoms. The van der Waals surface area contributed by atoms with Crippen LogP contribution < -0.4 is 9.47 Å². The van der Waals surface area contributed by atoms with Gasteiger partial charge in [0.15, 0.2) is 11.5 Å². The highest BCUT2D eigenvalue weighted by Gasteiger charge is 2.13. The Labute approximate surface area is 128 Å². The fourth-order valence-corrected chi connectivity index (χ4v) is 2.42. The number of fused-ring (bicyclic) bond motifs is 1. The molecule has 0 radical (unpaired) electrons. The molecule has 0 amide bonds. The SMILES string of the molecule is CCCCN(CCC)CCc1ccc2c(c1)OCO2.Cl. The molecular weight excluding hydrogens is 274 g/mol. The molecule has 1 aromatic rings. The van der Waals surface area contributed by atoms with Crippen LogP contribution in [0.1, 0.15) is 38.7 Å². The molecule has 0 spiro atoms. The second-order valence-corrected chi connectivity index (χ2v) is 5.13. The predicted molar refractivity (Wildman–Crippen MR) is 85.2 cm³/mol. The lowest BCUT2D eigenvalue weighted by Crippen LogP contribution is -2.28. The maximum absolute atomic E-state index is 5.42. The number of ether oxygens (including phenoxy) is 2. The molecule has 0 atom stereocenters. The van der Waals surface area contributed by atoms with Crippen LogP contribution in [0.15, 0.2) is 18.2 Å². The molecule has 2 rings (SSSR count). The Balaban J connectivity index is 0.00000200. The largest absolute Gasteiger partial charge is 0.454 e. The van der Waals surface area contributed by atoms with E-state index in [9.17, 15) is 0 Å². The van der Waals surface area contributed by atoms with Crippen LogP contribution in [0.5, 0.6) is 11.5 Å². The highest BCUT2D eigenvalue weighted by Crippen LogP contribution is 2.32. The van der Waals surface area contributed by atoms with E-state index in [0.717, 1.165) is 24.5 Å². The van der Waals surface area contributed by atoms with Crippen molar-refractivity contribution < 1.29 is 9.47 Å². The summed E-state index contributed by atoms with van der Waals surface area (Å²) in [6, 6.07) is 6.29. The van der Waals surface area contributed by atoms with Gasteiger partial charge in [0.25, 0.3) is 0 Å². The Morgan fingerprint density at radius 2 is 1.80 bits per heavy atom. The molecule has 3 nitrogen and oxygen atoms in total. The minimum atomic E-state index is 0. The van der Waals surface area contributed by atoms with Gasteiger partial charge < -0.3 is 14.4 Å². The second kappa shape index (κ2) is 9.09. The van der Waals surface area contributed by atoms with Crippen molar-refractivity contribution >= 4 is 12.4 Å². The number of halogens is 1. The topological polar surface area (TPSA) is 21.7 Å². The first-order chi connectivity index (χ1) is 9.33. The summed E-state index contributed by atoms with van der Waals surface area (Å²) in [5.41, 5.74) is 1.34. The van der Waals surface area contributed by atoms with Gasteiger partial charge >= 0.3 is 0 Å². The van der Waals surface area contributed by atoms with Crippen LogP contribution in [0.2, 0.25) is 0 Å². The van der Waals surface area contributed by atoms with Crippen molar-refractivity contribution in [3.8, 4) is 11.5 Å². The number of hydrogen-bond donors (Lipinski definition) is 0. The lowest BCUT2D eigenvalue weighted by Gasteiger charge is -2.21. The summed E-state index contributed by atoms with van der Waals surface area (Å²) in [5, 5.41) is 0. The standard InChI is InChI=1S/C16H25NO2.ClH/c1-3-5-10-17(9-4-2)11-8-14-6-7-15-16(12-14)19-13-18-15;/h6-7,12H,3-5,8-11,13H2,1-2H3;1H. The van der Waals surface area contributed by atoms with Crippen LogP contribution >= 0.6 is 12.4 Å². The number of nitrogens with zero attached hydrogens (tertiary/aromatic N) is 1. The summed E-state index contributed by atoms with van der Waals surface area (Å²) in [6.07, 6.45) is 4.87. The fourth-order valence-electron chi connectivity index (χ4n) is 2.42. The average Bonchev–Trinajstić information content (AvgIpc) is 2.89. The van der Waals surface area contributed by atoms with Crippen molar-refractivity contribution in [2.75, 3.05) is 26.4 Å². The Morgan fingerprint density at radius 3 is 2.55 bits per heavy atom. The van der Waals surface area contributed by atoms with Gasteiger partial charge in [0.1, 0.15) is 0 Å². The van der Waals surface area contributed by atoms with E-state index in [0.29, 0.717) is 6.79 Å². The number of rotatable bonds is 8. The van der Waals surface area contributed by atoms with Gasteiger partial charge in [-0.25, -0.2) is 0 Å². The first kappa shape index (κ1) is 17.1. The zero-order chi connectivity index (χ0) is 13.5. The van der Waals surface area contributed by atoms with Crippen LogP contribution in [0.3, 0.4) is 0 Å². The zero-order valence-electron chi connectivity index (χ0n) is 12.6. The number of unbranched alkanes of at least 4 members (excludes halogenated alkanes) is 1. The maximum atomic E-state index is 5.42. The summed E-state index contributed by atoms with van der Waals surface area (Å²) >= 11 is 0. The molecule has 0 fully saturated rings. The van der Waals surface area contributed by atoms with Crippen molar-refractivity contribution in [2.45, 2.75) is 39.5 Å². The van der Waals surface area contributed by atoms with Crippen molar-refractivity contribution in [3.63, 3.8) is 0 Å². The summed E-state index contributed by atoms with van der Waals surface area (Å²) in [5.74, 6) is 1.77. The van der Waals surface area contributed by atoms with Gasteiger partial charge in [-0.05, 0) is 50.0 Å². The molecule has 0 saturated carbocycles. The lowest BCUT2D eigenvalue weighted by molar-refractivity contribution is 0.174. The minimum absolute atomic E-state index is 0. The Bertz CT molecular complexity index is 398. The minimum Gasteiger partial charge on any atom is -0.454 e. The van der Waals surface area contributed by atoms with Gasteiger partial charge in [-0.2, -0.15) is 0 Å². The number of benzene rings is 1. The van der Waals surface area contributed by atoms with E-state index >= 15 is 0 Å². The van der Waals surface area contributed by atoms with Crippen LogP contribution in [0, 0.1) is 0 Å². The van der Waals surface area contributed by atoms with Crippen LogP contribution in [-0.4, -0.2) is 31.3 Å². The summed E-state index contributed by atoms with van der Waals surface area (Å²) in [6.45, 7) is 8.41. The third kappa shape index (κ3) is 4.88. The van der Waals surface area contributed by atoms with Crippen molar-refractivity contribution in [2.24, 2.45) is 0 Å². The van der Waals surface area contributed by atoms with E-state index in [1.54, 1.807) is 0 Å². The van der Waals surface area contributed by atoms with Gasteiger partial charge in [-0.15, -0.1) is 12.4 Å². The first-order valence-electron chi connectivity index (χ1n) is 7.44. The molecule has 0 aromatic heterocycles. The molecular formula is C16H26ClNO2. The summed E-state index contributed by atoms with van der Waals surface area (Å²) < 4.78 is 10.8. The molecule has 0 bridgehead atoms. The molecule has 0 aliphatic carbocycles. The van der Waals surface area contributed by atoms with Gasteiger partial charge in [0.05, 0.1) is 0 Å². The third-order valence-electron chi connectivity index (χ3n) is 3.52. The first-order valence-corrected chi connectivity index (χ1v) is 7.44. The summed E-state index contributed by atoms with van der Waals surface area (Å²) in [7, 11) is 0. The lowest BCUT2D eigenvalue weighted by atomic mass is 10.1. The Hall–Kier alpha value is -0.930. The Morgan fingerprint density at radius 1 is 1.00 bits per heavy atom. The monoisotopic (exact) mass is 299 g/mol. The molecule has 114 valence electrons. The van der Waals surface area contributed by atoms with Crippen LogP contribution in [-0.2, 0) is 6.42 Å². The normalized spacial score (nSPS) is 12.6. The van der Waals surface area contributed by atoms with Gasteiger partial charge in [0, 0.05) is 6.54 Å². The molecule has 4 heteroatoms. The highest BCUT2D eigenvalue weighted by molar-refractivity contribution is 5.85. The molecule has 0 saturated heterocycles. The molecule has 1 heterocycles. The molecule has 1 aromatic carbocycles. The van der Waals surface area contributed by atoms with E-state index in [1.165, 1.54) is 37.9 Å². The zero-order valence-corrected chi connectivity index (χ0v) is 13.4. The van der Waals surface area contributed by atoms with Gasteiger partial charge in [-0.3, -0.25) is 0 Å². The van der Waals surface area contributed by atoms with Crippen molar-refractivity contribution in [3.05, 3.63) is 23.8 Å². The maximum Gasteiger partial charge on any atom is 0.231 e. The van der Waals surface area contributed by atoms with Gasteiger partial charge in [0.2, 0.25) is 6.79 Å². The van der Waals surface area contributed by atoms with E-state index in [2.05, 4.69) is 30.9 Å². The van der Waals surface area contributed by atoms with E-state index in [4.69, 9.17) is 9.47 Å². The van der Waals surface area contributed by atoms with E-state index in [-0.39, 0.29) is 12.4 Å². The van der Waals surface area contributed by atoms with E-state index in [1.807, 2.05) is 6.07 Å². The smallest absolute Gasteiger partial charge is 0.231 e. The van der Waals surface area contributed by atoms with E-state index < -0.39 is 0 Å². The second-order valence-electron chi connectivity index (χ2n) is 5.13. The van der Waals surface area contributed by atoms with Crippen LogP contribution in [0.25, 0.3) is 0 Å². The summed E-state index contributed by atoms with van der Waals surface area (Å²) in [4.78, 5) is 2.56. The Kier molecular flexibility index (Phi) is 7.78. The molecule has 0 N–H and O–H groups in total. The van der Waals surface area contributed by atoms with Gasteiger partial charge in [-0.1, -0.05) is 26.3 Å². The number of hydrogen-bond acceptors (Lipinski definition) is 3. The predicted octanol–water partition coefficient (Wildman–Crippen LogP) is 3.89. The average molecular weight is 300 g/mol. The highest BCUT2D eigenvalue weighted by atomic mass is 35.5. The third-order valence-corrected chi connectivity index (χ3v) is 3.52. The van der Waals surface area contributed by atoms with Crippen LogP contribution in [0.4, 0.5) is 0 Å². The van der Waals surface area contributed by atoms with Crippen molar-refractivity contribution in [1.82, 2.24) is 4.90 Å². The molecule has 0 unspecified atom stereocenters.